The van der Waals surface area contributed by atoms with Gasteiger partial charge in [-0.25, -0.2) is 4.79 Å². The summed E-state index contributed by atoms with van der Waals surface area (Å²) in [5.41, 5.74) is -0.531. The molecule has 2 heterocycles. The molecule has 0 bridgehead atoms. The quantitative estimate of drug-likeness (QED) is 0.261. The summed E-state index contributed by atoms with van der Waals surface area (Å²) in [6.45, 7) is 12.9. The standard InChI is InChI=1S/C21H40N4O4.HI/c1-5-22-18(24-15-21(8-11-26)9-12-28-16-21)23-13-17-7-6-10-25(14-17)19(27)29-20(2,3)4;/h17,26H,5-16H2,1-4H3,(H2,22,23,24);1H. The second-order valence-corrected chi connectivity index (χ2v) is 9.29. The lowest BCUT2D eigenvalue weighted by atomic mass is 9.84. The Labute approximate surface area is 198 Å². The van der Waals surface area contributed by atoms with Crippen molar-refractivity contribution >= 4 is 36.0 Å². The van der Waals surface area contributed by atoms with Crippen molar-refractivity contribution in [2.24, 2.45) is 16.3 Å². The Hall–Kier alpha value is -0.810. The van der Waals surface area contributed by atoms with Crippen molar-refractivity contribution < 1.29 is 19.4 Å². The molecular weight excluding hydrogens is 499 g/mol. The Morgan fingerprint density at radius 1 is 1.37 bits per heavy atom. The van der Waals surface area contributed by atoms with E-state index in [1.807, 2.05) is 32.6 Å². The van der Waals surface area contributed by atoms with E-state index >= 15 is 0 Å². The fraction of sp³-hybridized carbons (Fsp3) is 0.905. The molecule has 8 nitrogen and oxygen atoms in total. The van der Waals surface area contributed by atoms with E-state index in [2.05, 4.69) is 10.6 Å². The molecule has 176 valence electrons. The number of rotatable bonds is 7. The number of carbonyl (C=O) groups excluding carboxylic acids is 1. The Bertz CT molecular complexity index is 548. The van der Waals surface area contributed by atoms with Crippen molar-refractivity contribution in [3.8, 4) is 0 Å². The number of aliphatic hydroxyl groups is 1. The molecule has 9 heteroatoms. The van der Waals surface area contributed by atoms with Crippen molar-refractivity contribution in [2.75, 3.05) is 52.5 Å². The molecule has 0 aromatic carbocycles. The van der Waals surface area contributed by atoms with E-state index in [1.165, 1.54) is 0 Å². The number of hydrogen-bond donors (Lipinski definition) is 3. The van der Waals surface area contributed by atoms with E-state index < -0.39 is 5.60 Å². The van der Waals surface area contributed by atoms with E-state index in [9.17, 15) is 9.90 Å². The third kappa shape index (κ3) is 9.13. The highest BCUT2D eigenvalue weighted by molar-refractivity contribution is 14.0. The van der Waals surface area contributed by atoms with Crippen LogP contribution in [-0.4, -0.2) is 80.2 Å². The maximum Gasteiger partial charge on any atom is 0.410 e. The van der Waals surface area contributed by atoms with E-state index in [0.717, 1.165) is 51.5 Å². The summed E-state index contributed by atoms with van der Waals surface area (Å²) in [6, 6.07) is 0. The lowest BCUT2D eigenvalue weighted by molar-refractivity contribution is 0.0168. The first kappa shape index (κ1) is 27.2. The molecule has 0 spiro atoms. The van der Waals surface area contributed by atoms with Gasteiger partial charge in [-0.1, -0.05) is 0 Å². The smallest absolute Gasteiger partial charge is 0.410 e. The first-order valence-electron chi connectivity index (χ1n) is 11.0. The van der Waals surface area contributed by atoms with Gasteiger partial charge in [0.25, 0.3) is 0 Å². The molecule has 2 rings (SSSR count). The van der Waals surface area contributed by atoms with Crippen LogP contribution in [-0.2, 0) is 9.47 Å². The van der Waals surface area contributed by atoms with E-state index in [1.54, 1.807) is 0 Å². The molecule has 0 aliphatic carbocycles. The number of aliphatic hydroxyl groups excluding tert-OH is 1. The first-order valence-corrected chi connectivity index (χ1v) is 11.0. The van der Waals surface area contributed by atoms with Crippen molar-refractivity contribution in [2.45, 2.75) is 59.0 Å². The number of ether oxygens (including phenoxy) is 2. The van der Waals surface area contributed by atoms with Gasteiger partial charge in [0.15, 0.2) is 5.96 Å². The summed E-state index contributed by atoms with van der Waals surface area (Å²) in [6.07, 6.45) is 3.48. The van der Waals surface area contributed by atoms with Crippen molar-refractivity contribution in [1.82, 2.24) is 15.5 Å². The Kier molecular flexibility index (Phi) is 11.7. The average Bonchev–Trinajstić information content (AvgIpc) is 3.12. The number of nitrogens with zero attached hydrogens (tertiary/aromatic N) is 2. The zero-order valence-electron chi connectivity index (χ0n) is 19.0. The monoisotopic (exact) mass is 540 g/mol. The number of amides is 1. The summed E-state index contributed by atoms with van der Waals surface area (Å²) < 4.78 is 11.1. The van der Waals surface area contributed by atoms with Gasteiger partial charge in [-0.05, 0) is 59.3 Å². The van der Waals surface area contributed by atoms with Gasteiger partial charge in [0.05, 0.1) is 13.2 Å². The van der Waals surface area contributed by atoms with Crippen LogP contribution in [0.4, 0.5) is 4.79 Å². The second-order valence-electron chi connectivity index (χ2n) is 9.29. The molecule has 0 saturated carbocycles. The zero-order valence-corrected chi connectivity index (χ0v) is 21.4. The Balaban J connectivity index is 0.00000450. The number of nitrogens with one attached hydrogen (secondary N) is 2. The normalized spacial score (nSPS) is 24.9. The van der Waals surface area contributed by atoms with E-state index in [0.29, 0.717) is 32.0 Å². The summed E-state index contributed by atoms with van der Waals surface area (Å²) in [4.78, 5) is 18.9. The summed E-state index contributed by atoms with van der Waals surface area (Å²) in [5.74, 6) is 1.15. The average molecular weight is 540 g/mol. The maximum atomic E-state index is 12.4. The van der Waals surface area contributed by atoms with Crippen LogP contribution < -0.4 is 10.6 Å². The zero-order chi connectivity index (χ0) is 21.3. The number of carbonyl (C=O) groups is 1. The van der Waals surface area contributed by atoms with Crippen LogP contribution in [0.1, 0.15) is 53.4 Å². The lowest BCUT2D eigenvalue weighted by Gasteiger charge is -2.34. The minimum Gasteiger partial charge on any atom is -0.444 e. The van der Waals surface area contributed by atoms with Crippen LogP contribution >= 0.6 is 24.0 Å². The number of guanidine groups is 1. The van der Waals surface area contributed by atoms with E-state index in [4.69, 9.17) is 14.5 Å². The molecule has 2 fully saturated rings. The van der Waals surface area contributed by atoms with Crippen LogP contribution in [0, 0.1) is 11.3 Å². The highest BCUT2D eigenvalue weighted by Gasteiger charge is 2.34. The van der Waals surface area contributed by atoms with Gasteiger partial charge >= 0.3 is 6.09 Å². The lowest BCUT2D eigenvalue weighted by Crippen LogP contribution is -2.47. The predicted octanol–water partition coefficient (Wildman–Crippen LogP) is 2.60. The van der Waals surface area contributed by atoms with Crippen LogP contribution in [0.5, 0.6) is 0 Å². The summed E-state index contributed by atoms with van der Waals surface area (Å²) >= 11 is 0. The molecular formula is C21H41IN4O4. The number of hydrogen-bond acceptors (Lipinski definition) is 5. The molecule has 0 aromatic rings. The molecule has 2 saturated heterocycles. The first-order chi connectivity index (χ1) is 13.8. The minimum absolute atomic E-state index is 0. The second kappa shape index (κ2) is 12.9. The van der Waals surface area contributed by atoms with Crippen LogP contribution in [0.2, 0.25) is 0 Å². The fourth-order valence-electron chi connectivity index (χ4n) is 3.84. The van der Waals surface area contributed by atoms with Gasteiger partial charge < -0.3 is 30.1 Å². The largest absolute Gasteiger partial charge is 0.444 e. The predicted molar refractivity (Wildman–Crippen MR) is 129 cm³/mol. The molecule has 2 atom stereocenters. The molecule has 0 radical (unpaired) electrons. The molecule has 0 aromatic heterocycles. The van der Waals surface area contributed by atoms with Gasteiger partial charge in [0.1, 0.15) is 5.60 Å². The number of piperidine rings is 1. The van der Waals surface area contributed by atoms with Gasteiger partial charge in [-0.2, -0.15) is 0 Å². The van der Waals surface area contributed by atoms with Gasteiger partial charge in [-0.3, -0.25) is 4.99 Å². The highest BCUT2D eigenvalue weighted by Crippen LogP contribution is 2.32. The van der Waals surface area contributed by atoms with Crippen molar-refractivity contribution in [3.05, 3.63) is 0 Å². The topological polar surface area (TPSA) is 95.4 Å². The Morgan fingerprint density at radius 2 is 2.13 bits per heavy atom. The number of aliphatic imine (C=N–C) groups is 1. The molecule has 2 unspecified atom stereocenters. The van der Waals surface area contributed by atoms with Gasteiger partial charge in [0, 0.05) is 44.8 Å². The highest BCUT2D eigenvalue weighted by atomic mass is 127. The third-order valence-electron chi connectivity index (χ3n) is 5.47. The van der Waals surface area contributed by atoms with Gasteiger partial charge in [0.2, 0.25) is 0 Å². The minimum atomic E-state index is -0.471. The molecule has 2 aliphatic heterocycles. The van der Waals surface area contributed by atoms with Crippen molar-refractivity contribution in [1.29, 1.82) is 0 Å². The van der Waals surface area contributed by atoms with Gasteiger partial charge in [-0.15, -0.1) is 24.0 Å². The molecule has 3 N–H and O–H groups in total. The Morgan fingerprint density at radius 3 is 2.73 bits per heavy atom. The van der Waals surface area contributed by atoms with Crippen LogP contribution in [0.15, 0.2) is 4.99 Å². The maximum absolute atomic E-state index is 12.4. The van der Waals surface area contributed by atoms with Crippen LogP contribution in [0.25, 0.3) is 0 Å². The molecule has 30 heavy (non-hydrogen) atoms. The number of halogens is 1. The SMILES string of the molecule is CCNC(=NCC1(CCO)CCOC1)NCC1CCCN(C(=O)OC(C)(C)C)C1.I. The fourth-order valence-corrected chi connectivity index (χ4v) is 3.84. The molecule has 2 aliphatic rings. The third-order valence-corrected chi connectivity index (χ3v) is 5.47. The van der Waals surface area contributed by atoms with Crippen LogP contribution in [0.3, 0.4) is 0 Å². The summed E-state index contributed by atoms with van der Waals surface area (Å²) in [7, 11) is 0. The summed E-state index contributed by atoms with van der Waals surface area (Å²) in [5, 5.41) is 16.1. The molecule has 1 amide bonds. The van der Waals surface area contributed by atoms with E-state index in [-0.39, 0.29) is 42.1 Å². The number of likely N-dealkylation sites (tertiary alicyclic amines) is 1. The van der Waals surface area contributed by atoms with Crippen molar-refractivity contribution in [3.63, 3.8) is 0 Å².